The molecule has 0 amide bonds. The average molecular weight is 1240 g/mol. The average Bonchev–Trinajstić information content (AvgIpc) is 1.96. The molecule has 5 aromatic heterocycles. The zero-order chi connectivity index (χ0) is 60.7. The van der Waals surface area contributed by atoms with Crippen molar-refractivity contribution in [3.8, 4) is 55.6 Å². The molecule has 0 bridgehead atoms. The van der Waals surface area contributed by atoms with Crippen molar-refractivity contribution >= 4 is 116 Å². The summed E-state index contributed by atoms with van der Waals surface area (Å²) in [5, 5.41) is 21.6. The van der Waals surface area contributed by atoms with Crippen LogP contribution in [0.4, 0.5) is 0 Å². The summed E-state index contributed by atoms with van der Waals surface area (Å²) in [6.45, 7) is 18.5. The Kier molecular flexibility index (Phi) is 21.7. The molecule has 0 radical (unpaired) electrons. The third-order valence-corrected chi connectivity index (χ3v) is 20.6. The lowest BCUT2D eigenvalue weighted by Crippen LogP contribution is -2.14. The maximum absolute atomic E-state index is 11.9. The van der Waals surface area contributed by atoms with Crippen LogP contribution in [0.25, 0.3) is 89.7 Å². The largest absolute Gasteiger partial charge is 0.486 e. The van der Waals surface area contributed by atoms with Gasteiger partial charge in [0.2, 0.25) is 5.76 Å². The molecule has 11 nitrogen and oxygen atoms in total. The number of ether oxygens (including phenoxy) is 5. The SMILES string of the molecule is [C-]#[N+]/C(=C\c1sc(/C=C/c2sc(-c3ccc4c(c3)c3cc(-c5sc(/C=C/c6cc(CCCCCC)c(/C=C(\C#N)OC=O)s6)c6c5OCCO6)ccc3n4-c3ccc(CC(CCCC)CCCC)cc3)c3c2OCCO3)cc1CCCCCC)C(=O)O. The molecule has 2 aliphatic heterocycles. The highest BCUT2D eigenvalue weighted by Gasteiger charge is 2.28. The molecule has 15 heteroatoms. The van der Waals surface area contributed by atoms with Crippen LogP contribution in [0.3, 0.4) is 0 Å². The van der Waals surface area contributed by atoms with E-state index in [-0.39, 0.29) is 11.5 Å². The number of benzene rings is 3. The van der Waals surface area contributed by atoms with Crippen LogP contribution >= 0.6 is 45.3 Å². The maximum atomic E-state index is 11.9. The van der Waals surface area contributed by atoms with Crippen molar-refractivity contribution in [2.24, 2.45) is 5.92 Å². The summed E-state index contributed by atoms with van der Waals surface area (Å²) in [5.41, 5.74) is 8.51. The second-order valence-corrected chi connectivity index (χ2v) is 26.6. The van der Waals surface area contributed by atoms with Crippen LogP contribution in [0.1, 0.15) is 164 Å². The second kappa shape index (κ2) is 30.3. The first-order valence-electron chi connectivity index (χ1n) is 30.8. The molecule has 2 aliphatic rings. The second-order valence-electron chi connectivity index (χ2n) is 22.3. The number of carboxylic acid groups (broad SMARTS) is 1. The molecular formula is C72H75N3O8S4. The van der Waals surface area contributed by atoms with E-state index in [1.54, 1.807) is 40.1 Å². The van der Waals surface area contributed by atoms with Crippen molar-refractivity contribution in [2.75, 3.05) is 26.4 Å². The fourth-order valence-electron chi connectivity index (χ4n) is 11.6. The first-order chi connectivity index (χ1) is 42.6. The predicted octanol–water partition coefficient (Wildman–Crippen LogP) is 20.4. The lowest BCUT2D eigenvalue weighted by Gasteiger charge is -2.17. The number of aliphatic carboxylic acids is 1. The van der Waals surface area contributed by atoms with Crippen LogP contribution in [0.2, 0.25) is 0 Å². The van der Waals surface area contributed by atoms with Crippen molar-refractivity contribution in [2.45, 2.75) is 137 Å². The molecular weight excluding hydrogens is 1160 g/mol. The van der Waals surface area contributed by atoms with Gasteiger partial charge in [0.15, 0.2) is 23.0 Å². The van der Waals surface area contributed by atoms with Crippen LogP contribution in [0.15, 0.2) is 84.3 Å². The van der Waals surface area contributed by atoms with Gasteiger partial charge in [0.25, 0.3) is 12.2 Å². The van der Waals surface area contributed by atoms with Crippen LogP contribution in [-0.4, -0.2) is 48.5 Å². The summed E-state index contributed by atoms with van der Waals surface area (Å²) < 4.78 is 33.2. The smallest absolute Gasteiger partial charge is 0.333 e. The van der Waals surface area contributed by atoms with Gasteiger partial charge in [0, 0.05) is 42.0 Å². The van der Waals surface area contributed by atoms with E-state index in [1.807, 2.05) is 6.07 Å². The summed E-state index contributed by atoms with van der Waals surface area (Å²) in [7, 11) is 0. The lowest BCUT2D eigenvalue weighted by atomic mass is 9.90. The van der Waals surface area contributed by atoms with Gasteiger partial charge in [-0.15, -0.1) is 45.3 Å². The minimum absolute atomic E-state index is 0.0364. The van der Waals surface area contributed by atoms with Gasteiger partial charge in [-0.05, 0) is 145 Å². The van der Waals surface area contributed by atoms with E-state index >= 15 is 0 Å². The van der Waals surface area contributed by atoms with Gasteiger partial charge < -0.3 is 33.4 Å². The van der Waals surface area contributed by atoms with E-state index in [0.717, 1.165) is 177 Å². The van der Waals surface area contributed by atoms with E-state index in [9.17, 15) is 20.0 Å². The van der Waals surface area contributed by atoms with Gasteiger partial charge in [-0.25, -0.2) is 4.85 Å². The van der Waals surface area contributed by atoms with Crippen LogP contribution in [-0.2, 0) is 33.6 Å². The number of nitrogens with zero attached hydrogens (tertiary/aromatic N) is 3. The van der Waals surface area contributed by atoms with Gasteiger partial charge in [-0.2, -0.15) is 5.26 Å². The number of nitriles is 1. The summed E-state index contributed by atoms with van der Waals surface area (Å²) in [6, 6.07) is 29.0. The molecule has 0 saturated heterocycles. The summed E-state index contributed by atoms with van der Waals surface area (Å²) in [4.78, 5) is 33.9. The lowest BCUT2D eigenvalue weighted by molar-refractivity contribution is -0.132. The Hall–Kier alpha value is -7.66. The number of aryl methyl sites for hydroxylation is 2. The molecule has 0 atom stereocenters. The fourth-order valence-corrected chi connectivity index (χ4v) is 15.9. The minimum Gasteiger partial charge on any atom is -0.486 e. The predicted molar refractivity (Wildman–Crippen MR) is 361 cm³/mol. The Morgan fingerprint density at radius 1 is 0.632 bits per heavy atom. The molecule has 1 N–H and O–H groups in total. The highest BCUT2D eigenvalue weighted by Crippen LogP contribution is 2.53. The molecule has 10 rings (SSSR count). The van der Waals surface area contributed by atoms with E-state index in [4.69, 9.17) is 30.3 Å². The molecule has 87 heavy (non-hydrogen) atoms. The molecule has 3 aromatic carbocycles. The monoisotopic (exact) mass is 1240 g/mol. The first-order valence-corrected chi connectivity index (χ1v) is 34.1. The molecule has 0 aliphatic carbocycles. The number of aromatic nitrogens is 1. The third kappa shape index (κ3) is 14.8. The Morgan fingerprint density at radius 3 is 1.59 bits per heavy atom. The van der Waals surface area contributed by atoms with Gasteiger partial charge in [-0.3, -0.25) is 9.59 Å². The Balaban J connectivity index is 1.05. The molecule has 0 fully saturated rings. The van der Waals surface area contributed by atoms with Gasteiger partial charge in [0.1, 0.15) is 32.5 Å². The van der Waals surface area contributed by atoms with Crippen molar-refractivity contribution in [1.82, 2.24) is 4.57 Å². The number of hydrogen-bond acceptors (Lipinski definition) is 12. The Morgan fingerprint density at radius 2 is 1.13 bits per heavy atom. The number of carbonyl (C=O) groups excluding carboxylic acids is 1. The summed E-state index contributed by atoms with van der Waals surface area (Å²) in [5.74, 6) is 2.29. The number of hydrogen-bond donors (Lipinski definition) is 1. The number of unbranched alkanes of at least 4 members (excludes halogenated alkanes) is 8. The molecule has 0 saturated carbocycles. The topological polar surface area (TPSA) is 134 Å². The normalized spacial score (nSPS) is 13.4. The molecule has 0 unspecified atom stereocenters. The number of carboxylic acids is 1. The fraction of sp³-hybridized carbons (Fsp3) is 0.361. The molecule has 7 heterocycles. The highest BCUT2D eigenvalue weighted by molar-refractivity contribution is 7.18. The van der Waals surface area contributed by atoms with Crippen LogP contribution in [0.5, 0.6) is 23.0 Å². The van der Waals surface area contributed by atoms with Gasteiger partial charge >= 0.3 is 5.97 Å². The van der Waals surface area contributed by atoms with Crippen molar-refractivity contribution in [1.29, 1.82) is 5.26 Å². The maximum Gasteiger partial charge on any atom is 0.333 e. The molecule has 450 valence electrons. The van der Waals surface area contributed by atoms with E-state index < -0.39 is 5.97 Å². The van der Waals surface area contributed by atoms with E-state index in [1.165, 1.54) is 61.5 Å². The number of thiophene rings is 4. The quantitative estimate of drug-likeness (QED) is 0.0117. The first kappa shape index (κ1) is 62.4. The number of rotatable bonds is 30. The van der Waals surface area contributed by atoms with Crippen molar-refractivity contribution in [3.05, 3.63) is 142 Å². The van der Waals surface area contributed by atoms with E-state index in [0.29, 0.717) is 44.6 Å². The van der Waals surface area contributed by atoms with Gasteiger partial charge in [-0.1, -0.05) is 129 Å². The third-order valence-electron chi connectivity index (χ3n) is 16.1. The molecule has 0 spiro atoms. The van der Waals surface area contributed by atoms with Crippen molar-refractivity contribution in [3.63, 3.8) is 0 Å². The number of allylic oxidation sites excluding steroid dienone is 1. The van der Waals surface area contributed by atoms with Crippen LogP contribution in [0, 0.1) is 23.8 Å². The number of carbonyl (C=O) groups is 2. The summed E-state index contributed by atoms with van der Waals surface area (Å²) in [6.07, 6.45) is 30.5. The zero-order valence-corrected chi connectivity index (χ0v) is 53.4. The zero-order valence-electron chi connectivity index (χ0n) is 50.2. The highest BCUT2D eigenvalue weighted by atomic mass is 32.1. The Labute approximate surface area is 527 Å². The Bertz CT molecular complexity index is 3930. The molecule has 8 aromatic rings. The summed E-state index contributed by atoms with van der Waals surface area (Å²) >= 11 is 6.32. The standard InChI is InChI=1S/C72H75N3O8S4/c1-6-10-14-16-20-49-39-55(84-64(49)43-54(45-73)83-46-76)28-32-62-66-68(81-36-34-79-66)70(86-62)51-24-30-60-57(41-51)58-42-52(25-31-61(58)75(60)53-26-22-48(23-27-53)38-47(18-12-8-3)19-13-9-4)71-69-67(80-35-37-82-69)63(87-71)33-29-56-40-50(21-17-15-11-7-2)65(85-56)44-59(74-5)72(77)78/h22-33,39-44,46-47H,6-21,34-38H2,1-4H3,(H,77,78)/b32-28+,33-29+,54-43+,59-44-. The van der Waals surface area contributed by atoms with Crippen molar-refractivity contribution < 1.29 is 38.4 Å². The minimum atomic E-state index is -1.23. The van der Waals surface area contributed by atoms with Crippen LogP contribution < -0.4 is 18.9 Å². The van der Waals surface area contributed by atoms with Gasteiger partial charge in [0.05, 0.1) is 37.1 Å². The van der Waals surface area contributed by atoms with E-state index in [2.05, 4.69) is 134 Å². The number of fused-ring (bicyclic) bond motifs is 5.